The first-order valence-electron chi connectivity index (χ1n) is 8.94. The number of nitrogens with two attached hydrogens (primary N) is 1. The Morgan fingerprint density at radius 3 is 2.29 bits per heavy atom. The van der Waals surface area contributed by atoms with E-state index in [9.17, 15) is 4.79 Å². The number of carbonyl (C=O) groups excluding carboxylic acids is 1. The number of nitrogens with zero attached hydrogens (tertiary/aromatic N) is 4. The molecule has 1 rings (SSSR count). The maximum absolute atomic E-state index is 12.0. The molecule has 0 aromatic carbocycles. The second-order valence-corrected chi connectivity index (χ2v) is 7.35. The highest BCUT2D eigenvalue weighted by molar-refractivity contribution is 5.78. The van der Waals surface area contributed by atoms with Gasteiger partial charge in [0.15, 0.2) is 5.96 Å². The van der Waals surface area contributed by atoms with E-state index in [0.29, 0.717) is 38.7 Å². The van der Waals surface area contributed by atoms with Gasteiger partial charge in [-0.05, 0) is 40.8 Å². The number of rotatable bonds is 6. The van der Waals surface area contributed by atoms with Crippen molar-refractivity contribution in [3.8, 4) is 0 Å². The Kier molecular flexibility index (Phi) is 8.31. The standard InChI is InChI=1S/C17H35N5O2/c1-6-7-9-20(5)10-8-19-15(18)21-11-13-22(14-12-21)16(23)24-17(2,3)4/h6-14H2,1-5H3,(H2,18,19). The molecule has 7 heteroatoms. The quantitative estimate of drug-likeness (QED) is 0.586. The molecule has 0 unspecified atom stereocenters. The maximum Gasteiger partial charge on any atom is 0.410 e. The fraction of sp³-hybridized carbons (Fsp3) is 0.882. The molecule has 1 heterocycles. The molecule has 1 aliphatic heterocycles. The zero-order valence-electron chi connectivity index (χ0n) is 16.0. The van der Waals surface area contributed by atoms with Gasteiger partial charge in [-0.2, -0.15) is 0 Å². The van der Waals surface area contributed by atoms with Gasteiger partial charge in [0.2, 0.25) is 0 Å². The Morgan fingerprint density at radius 1 is 1.17 bits per heavy atom. The summed E-state index contributed by atoms with van der Waals surface area (Å²) in [5.74, 6) is 0.572. The topological polar surface area (TPSA) is 74.4 Å². The van der Waals surface area contributed by atoms with Gasteiger partial charge in [0.25, 0.3) is 0 Å². The van der Waals surface area contributed by atoms with Crippen molar-refractivity contribution in [2.24, 2.45) is 10.7 Å². The summed E-state index contributed by atoms with van der Waals surface area (Å²) in [5.41, 5.74) is 5.62. The number of amides is 1. The molecule has 0 aromatic rings. The van der Waals surface area contributed by atoms with E-state index in [1.165, 1.54) is 12.8 Å². The van der Waals surface area contributed by atoms with Crippen LogP contribution < -0.4 is 5.73 Å². The molecule has 2 N–H and O–H groups in total. The highest BCUT2D eigenvalue weighted by Crippen LogP contribution is 2.11. The second kappa shape index (κ2) is 9.71. The fourth-order valence-corrected chi connectivity index (χ4v) is 2.42. The van der Waals surface area contributed by atoms with Crippen molar-refractivity contribution in [3.63, 3.8) is 0 Å². The van der Waals surface area contributed by atoms with E-state index in [-0.39, 0.29) is 6.09 Å². The lowest BCUT2D eigenvalue weighted by Crippen LogP contribution is -2.53. The summed E-state index contributed by atoms with van der Waals surface area (Å²) in [5, 5.41) is 0. The molecule has 0 radical (unpaired) electrons. The summed E-state index contributed by atoms with van der Waals surface area (Å²) in [6.07, 6.45) is 2.16. The number of aliphatic imine (C=N–C) groups is 1. The number of piperazine rings is 1. The van der Waals surface area contributed by atoms with Crippen LogP contribution in [0.4, 0.5) is 4.79 Å². The minimum atomic E-state index is -0.460. The number of guanidine groups is 1. The number of likely N-dealkylation sites (N-methyl/N-ethyl adjacent to an activating group) is 1. The highest BCUT2D eigenvalue weighted by atomic mass is 16.6. The van der Waals surface area contributed by atoms with E-state index < -0.39 is 5.60 Å². The van der Waals surface area contributed by atoms with Crippen molar-refractivity contribution in [2.45, 2.75) is 46.1 Å². The summed E-state index contributed by atoms with van der Waals surface area (Å²) in [6, 6.07) is 0. The zero-order valence-corrected chi connectivity index (χ0v) is 16.0. The Hall–Kier alpha value is -1.50. The lowest BCUT2D eigenvalue weighted by molar-refractivity contribution is 0.0186. The molecular weight excluding hydrogens is 306 g/mol. The van der Waals surface area contributed by atoms with Crippen molar-refractivity contribution in [1.82, 2.24) is 14.7 Å². The molecular formula is C17H35N5O2. The Labute approximate surface area is 146 Å². The minimum absolute atomic E-state index is 0.254. The third-order valence-corrected chi connectivity index (χ3v) is 3.90. The monoisotopic (exact) mass is 341 g/mol. The van der Waals surface area contributed by atoms with Crippen molar-refractivity contribution in [3.05, 3.63) is 0 Å². The van der Waals surface area contributed by atoms with Crippen molar-refractivity contribution < 1.29 is 9.53 Å². The molecule has 0 atom stereocenters. The van der Waals surface area contributed by atoms with E-state index in [0.717, 1.165) is 13.1 Å². The van der Waals surface area contributed by atoms with Gasteiger partial charge in [-0.1, -0.05) is 13.3 Å². The normalized spacial score (nSPS) is 16.7. The van der Waals surface area contributed by atoms with Gasteiger partial charge in [0, 0.05) is 32.7 Å². The third kappa shape index (κ3) is 7.86. The first kappa shape index (κ1) is 20.5. The van der Waals surface area contributed by atoms with E-state index in [4.69, 9.17) is 10.5 Å². The fourth-order valence-electron chi connectivity index (χ4n) is 2.42. The van der Waals surface area contributed by atoms with Crippen LogP contribution in [0.15, 0.2) is 4.99 Å². The van der Waals surface area contributed by atoms with Crippen LogP contribution in [0, 0.1) is 0 Å². The number of unbranched alkanes of at least 4 members (excludes halogenated alkanes) is 1. The van der Waals surface area contributed by atoms with E-state index in [2.05, 4.69) is 23.9 Å². The SMILES string of the molecule is CCCCN(C)CCN=C(N)N1CCN(C(=O)OC(C)(C)C)CC1. The van der Waals surface area contributed by atoms with Crippen LogP contribution in [0.1, 0.15) is 40.5 Å². The minimum Gasteiger partial charge on any atom is -0.444 e. The summed E-state index contributed by atoms with van der Waals surface area (Å²) in [6.45, 7) is 13.2. The van der Waals surface area contributed by atoms with Gasteiger partial charge in [-0.15, -0.1) is 0 Å². The number of carbonyl (C=O) groups is 1. The van der Waals surface area contributed by atoms with Crippen LogP contribution in [0.5, 0.6) is 0 Å². The van der Waals surface area contributed by atoms with Gasteiger partial charge in [-0.3, -0.25) is 4.99 Å². The third-order valence-electron chi connectivity index (χ3n) is 3.90. The molecule has 0 aromatic heterocycles. The molecule has 24 heavy (non-hydrogen) atoms. The molecule has 0 bridgehead atoms. The van der Waals surface area contributed by atoms with E-state index in [1.54, 1.807) is 4.90 Å². The number of hydrogen-bond donors (Lipinski definition) is 1. The largest absolute Gasteiger partial charge is 0.444 e. The van der Waals surface area contributed by atoms with Crippen molar-refractivity contribution >= 4 is 12.1 Å². The summed E-state index contributed by atoms with van der Waals surface area (Å²) in [7, 11) is 2.11. The highest BCUT2D eigenvalue weighted by Gasteiger charge is 2.26. The van der Waals surface area contributed by atoms with Gasteiger partial charge >= 0.3 is 6.09 Å². The van der Waals surface area contributed by atoms with E-state index >= 15 is 0 Å². The molecule has 0 saturated carbocycles. The first-order chi connectivity index (χ1) is 11.2. The van der Waals surface area contributed by atoms with Gasteiger partial charge in [0.1, 0.15) is 5.60 Å². The number of hydrogen-bond acceptors (Lipinski definition) is 4. The molecule has 1 saturated heterocycles. The first-order valence-corrected chi connectivity index (χ1v) is 8.94. The Balaban J connectivity index is 2.33. The average molecular weight is 342 g/mol. The molecule has 140 valence electrons. The van der Waals surface area contributed by atoms with Gasteiger partial charge < -0.3 is 25.2 Å². The van der Waals surface area contributed by atoms with Crippen LogP contribution in [-0.2, 0) is 4.74 Å². The molecule has 0 aliphatic carbocycles. The Morgan fingerprint density at radius 2 is 1.75 bits per heavy atom. The summed E-state index contributed by atoms with van der Waals surface area (Å²) >= 11 is 0. The zero-order chi connectivity index (χ0) is 18.2. The molecule has 1 amide bonds. The predicted molar refractivity (Wildman–Crippen MR) is 98.3 cm³/mol. The summed E-state index contributed by atoms with van der Waals surface area (Å²) in [4.78, 5) is 22.6. The van der Waals surface area contributed by atoms with Crippen LogP contribution in [0.25, 0.3) is 0 Å². The Bertz CT molecular complexity index is 412. The second-order valence-electron chi connectivity index (χ2n) is 7.35. The van der Waals surface area contributed by atoms with Gasteiger partial charge in [-0.25, -0.2) is 4.79 Å². The van der Waals surface area contributed by atoms with Crippen LogP contribution in [0.2, 0.25) is 0 Å². The molecule has 1 aliphatic rings. The molecule has 7 nitrogen and oxygen atoms in total. The van der Waals surface area contributed by atoms with Crippen molar-refractivity contribution in [1.29, 1.82) is 0 Å². The lowest BCUT2D eigenvalue weighted by atomic mass is 10.2. The molecule has 1 fully saturated rings. The summed E-state index contributed by atoms with van der Waals surface area (Å²) < 4.78 is 5.40. The lowest BCUT2D eigenvalue weighted by Gasteiger charge is -2.36. The smallest absolute Gasteiger partial charge is 0.410 e. The van der Waals surface area contributed by atoms with Crippen LogP contribution >= 0.6 is 0 Å². The predicted octanol–water partition coefficient (Wildman–Crippen LogP) is 1.59. The maximum atomic E-state index is 12.0. The number of ether oxygens (including phenoxy) is 1. The van der Waals surface area contributed by atoms with Crippen molar-refractivity contribution in [2.75, 3.05) is 52.9 Å². The van der Waals surface area contributed by atoms with Crippen LogP contribution in [0.3, 0.4) is 0 Å². The molecule has 0 spiro atoms. The van der Waals surface area contributed by atoms with Gasteiger partial charge in [0.05, 0.1) is 6.54 Å². The average Bonchev–Trinajstić information content (AvgIpc) is 2.51. The van der Waals surface area contributed by atoms with Crippen LogP contribution in [-0.4, -0.2) is 85.2 Å². The van der Waals surface area contributed by atoms with E-state index in [1.807, 2.05) is 25.7 Å².